The number of amidine groups is 1. The van der Waals surface area contributed by atoms with Crippen LogP contribution in [0.4, 0.5) is 10.1 Å². The Morgan fingerprint density at radius 2 is 2.00 bits per heavy atom. The molecule has 184 valence electrons. The van der Waals surface area contributed by atoms with Crippen LogP contribution in [0.15, 0.2) is 48.3 Å². The van der Waals surface area contributed by atoms with Crippen LogP contribution in [0.3, 0.4) is 0 Å². The predicted octanol–water partition coefficient (Wildman–Crippen LogP) is 3.82. The molecule has 0 saturated carbocycles. The molecule has 0 aromatic heterocycles. The molecule has 0 radical (unpaired) electrons. The van der Waals surface area contributed by atoms with Gasteiger partial charge in [-0.3, -0.25) is 9.89 Å². The van der Waals surface area contributed by atoms with Gasteiger partial charge in [0.1, 0.15) is 5.84 Å². The van der Waals surface area contributed by atoms with E-state index in [-0.39, 0.29) is 6.04 Å². The van der Waals surface area contributed by atoms with E-state index in [1.807, 2.05) is 32.0 Å². The highest BCUT2D eigenvalue weighted by molar-refractivity contribution is 5.82. The molecule has 1 heterocycles. The first-order valence-electron chi connectivity index (χ1n) is 10.9. The molecule has 1 aliphatic rings. The van der Waals surface area contributed by atoms with Crippen molar-refractivity contribution in [3.63, 3.8) is 0 Å². The van der Waals surface area contributed by atoms with Gasteiger partial charge in [-0.25, -0.2) is 4.39 Å². The molecular weight excluding hydrogens is 419 g/mol. The first-order chi connectivity index (χ1) is 16.0. The second-order valence-corrected chi connectivity index (χ2v) is 6.56. The van der Waals surface area contributed by atoms with Crippen molar-refractivity contribution in [2.45, 2.75) is 39.3 Å². The Balaban J connectivity index is 0. The molecular formula is C25H41FN6O. The fourth-order valence-electron chi connectivity index (χ4n) is 2.69. The lowest BCUT2D eigenvalue weighted by Crippen LogP contribution is -2.41. The number of hydrogen-bond donors (Lipinski definition) is 4. The van der Waals surface area contributed by atoms with Crippen molar-refractivity contribution in [3.05, 3.63) is 54.4 Å². The van der Waals surface area contributed by atoms with Gasteiger partial charge in [-0.05, 0) is 36.4 Å². The molecule has 0 bridgehead atoms. The third-order valence-electron chi connectivity index (χ3n) is 4.25. The molecule has 1 aromatic rings. The number of nitrogens with two attached hydrogens (primary N) is 3. The van der Waals surface area contributed by atoms with Crippen molar-refractivity contribution in [2.24, 2.45) is 16.5 Å². The van der Waals surface area contributed by atoms with Crippen LogP contribution in [0.2, 0.25) is 0 Å². The summed E-state index contributed by atoms with van der Waals surface area (Å²) in [7, 11) is 0. The number of terminal acetylenes is 1. The maximum Gasteiger partial charge on any atom is 0.108 e. The molecule has 0 spiro atoms. The monoisotopic (exact) mass is 460 g/mol. The number of rotatable bonds is 8. The maximum absolute atomic E-state index is 10.9. The van der Waals surface area contributed by atoms with Crippen molar-refractivity contribution in [2.75, 3.05) is 38.6 Å². The fraction of sp³-hybridized carbons (Fsp3) is 0.440. The van der Waals surface area contributed by atoms with Crippen LogP contribution >= 0.6 is 0 Å². The minimum absolute atomic E-state index is 0.137. The van der Waals surface area contributed by atoms with E-state index in [0.29, 0.717) is 43.8 Å². The smallest absolute Gasteiger partial charge is 0.108 e. The van der Waals surface area contributed by atoms with Gasteiger partial charge in [0.15, 0.2) is 0 Å². The van der Waals surface area contributed by atoms with E-state index in [4.69, 9.17) is 33.8 Å². The highest BCUT2D eigenvalue weighted by atomic mass is 19.1. The lowest BCUT2D eigenvalue weighted by molar-refractivity contribution is 0.0451. The first-order valence-corrected chi connectivity index (χ1v) is 10.9. The van der Waals surface area contributed by atoms with Gasteiger partial charge < -0.3 is 27.3 Å². The minimum atomic E-state index is -0.137. The number of morpholine rings is 1. The summed E-state index contributed by atoms with van der Waals surface area (Å²) in [5, 5.41) is 5.50. The van der Waals surface area contributed by atoms with Gasteiger partial charge in [-0.15, -0.1) is 18.9 Å². The van der Waals surface area contributed by atoms with E-state index in [2.05, 4.69) is 29.1 Å². The summed E-state index contributed by atoms with van der Waals surface area (Å²) in [5.41, 5.74) is 20.9. The van der Waals surface area contributed by atoms with Crippen LogP contribution in [0, 0.1) is 17.8 Å². The van der Waals surface area contributed by atoms with E-state index < -0.39 is 0 Å². The number of nitrogens with zero attached hydrogens (tertiary/aromatic N) is 2. The van der Waals surface area contributed by atoms with Crippen molar-refractivity contribution < 1.29 is 9.13 Å². The molecule has 33 heavy (non-hydrogen) atoms. The summed E-state index contributed by atoms with van der Waals surface area (Å²) in [4.78, 5) is 6.72. The largest absolute Gasteiger partial charge is 0.398 e. The summed E-state index contributed by atoms with van der Waals surface area (Å²) in [5.74, 6) is 2.88. The van der Waals surface area contributed by atoms with Gasteiger partial charge in [0.2, 0.25) is 0 Å². The lowest BCUT2D eigenvalue weighted by atomic mass is 10.00. The number of aliphatic imine (C=N–C) groups is 1. The summed E-state index contributed by atoms with van der Waals surface area (Å²) < 4.78 is 16.2. The fourth-order valence-corrected chi connectivity index (χ4v) is 2.69. The third-order valence-corrected chi connectivity index (χ3v) is 4.25. The second-order valence-electron chi connectivity index (χ2n) is 6.56. The Kier molecular flexibility index (Phi) is 21.7. The number of nitrogen functional groups attached to an aromatic ring is 1. The van der Waals surface area contributed by atoms with Crippen LogP contribution in [0.25, 0.3) is 0 Å². The van der Waals surface area contributed by atoms with Crippen LogP contribution in [0.1, 0.15) is 43.9 Å². The normalized spacial score (nSPS) is 14.3. The number of hydrogen-bond acceptors (Lipinski definition) is 6. The molecule has 1 unspecified atom stereocenters. The number of benzene rings is 1. The zero-order chi connectivity index (χ0) is 25.5. The van der Waals surface area contributed by atoms with Gasteiger partial charge in [0.25, 0.3) is 0 Å². The lowest BCUT2D eigenvalue weighted by Gasteiger charge is -2.26. The Labute approximate surface area is 199 Å². The highest BCUT2D eigenvalue weighted by Crippen LogP contribution is 2.23. The van der Waals surface area contributed by atoms with Gasteiger partial charge in [-0.1, -0.05) is 32.1 Å². The zero-order valence-corrected chi connectivity index (χ0v) is 20.1. The van der Waals surface area contributed by atoms with E-state index >= 15 is 0 Å². The molecule has 1 saturated heterocycles. The van der Waals surface area contributed by atoms with Gasteiger partial charge in [0.05, 0.1) is 32.6 Å². The van der Waals surface area contributed by atoms with Crippen LogP contribution in [-0.2, 0) is 11.3 Å². The number of ether oxygens (including phenoxy) is 1. The molecule has 8 heteroatoms. The highest BCUT2D eigenvalue weighted by Gasteiger charge is 2.12. The summed E-state index contributed by atoms with van der Waals surface area (Å²) >= 11 is 0. The van der Waals surface area contributed by atoms with Crippen molar-refractivity contribution in [1.82, 2.24) is 4.90 Å². The summed E-state index contributed by atoms with van der Waals surface area (Å²) in [6.07, 6.45) is 9.35. The molecule has 1 fully saturated rings. The number of anilines is 1. The number of allylic oxidation sites excluding steroid dienone is 1. The number of halogens is 1. The van der Waals surface area contributed by atoms with Crippen LogP contribution < -0.4 is 17.2 Å². The minimum Gasteiger partial charge on any atom is -0.398 e. The summed E-state index contributed by atoms with van der Waals surface area (Å²) in [6.45, 7) is 14.8. The Bertz CT molecular complexity index is 739. The average Bonchev–Trinajstić information content (AvgIpc) is 2.86. The molecule has 0 aliphatic carbocycles. The number of nitrogens with one attached hydrogen (secondary N) is 1. The third kappa shape index (κ3) is 15.5. The van der Waals surface area contributed by atoms with Crippen molar-refractivity contribution in [1.29, 1.82) is 5.41 Å². The Hall–Kier alpha value is -2.99. The van der Waals surface area contributed by atoms with E-state index in [0.717, 1.165) is 37.4 Å². The van der Waals surface area contributed by atoms with Crippen LogP contribution in [-0.4, -0.2) is 50.3 Å². The van der Waals surface area contributed by atoms with E-state index in [1.54, 1.807) is 6.08 Å². The van der Waals surface area contributed by atoms with E-state index in [9.17, 15) is 4.39 Å². The average molecular weight is 461 g/mol. The SMILES string of the molecule is C#CC/C=C/F.C=CCC(N)c1cc(CN=C(N)CN2CCOCC2)ccc1N.C=N.CC. The van der Waals surface area contributed by atoms with E-state index in [1.165, 1.54) is 6.08 Å². The summed E-state index contributed by atoms with van der Waals surface area (Å²) in [6, 6.07) is 5.71. The Morgan fingerprint density at radius 1 is 1.36 bits per heavy atom. The standard InChI is InChI=1S/C17H27N5O.C5H5F.C2H6.CH3N/c1-2-3-15(18)14-10-13(4-5-16(14)19)11-21-17(20)12-22-6-8-23-9-7-22;1-2-3-4-5-6;2*1-2/h2,4-5,10,15H,1,3,6-9,11-12,18-19H2,(H2,20,21);1,4-5H,3H2;1-2H3;2H,1H2/b;5-4+;;. The van der Waals surface area contributed by atoms with Crippen LogP contribution in [0.5, 0.6) is 0 Å². The molecule has 1 aromatic carbocycles. The second kappa shape index (κ2) is 22.2. The molecule has 1 aliphatic heterocycles. The Morgan fingerprint density at radius 3 is 2.52 bits per heavy atom. The molecule has 7 N–H and O–H groups in total. The molecule has 1 atom stereocenters. The first kappa shape index (κ1) is 32.2. The van der Waals surface area contributed by atoms with Gasteiger partial charge in [0, 0.05) is 31.2 Å². The van der Waals surface area contributed by atoms with Crippen molar-refractivity contribution in [3.8, 4) is 12.3 Å². The van der Waals surface area contributed by atoms with Gasteiger partial charge in [-0.2, -0.15) is 0 Å². The molecule has 7 nitrogen and oxygen atoms in total. The topological polar surface area (TPSA) is 127 Å². The zero-order valence-electron chi connectivity index (χ0n) is 20.1. The molecule has 2 rings (SSSR count). The van der Waals surface area contributed by atoms with Gasteiger partial charge >= 0.3 is 0 Å². The molecule has 0 amide bonds. The maximum atomic E-state index is 10.9. The predicted molar refractivity (Wildman–Crippen MR) is 140 cm³/mol. The van der Waals surface area contributed by atoms with Crippen molar-refractivity contribution >= 4 is 18.2 Å². The quantitative estimate of drug-likeness (QED) is 0.154.